The number of amides is 2. The molecule has 0 bridgehead atoms. The van der Waals surface area contributed by atoms with Crippen LogP contribution in [0, 0.1) is 16.0 Å². The van der Waals surface area contributed by atoms with Crippen molar-refractivity contribution in [1.82, 2.24) is 0 Å². The van der Waals surface area contributed by atoms with Gasteiger partial charge in [-0.05, 0) is 43.3 Å². The van der Waals surface area contributed by atoms with Crippen molar-refractivity contribution in [3.05, 3.63) is 63.7 Å². The quantitative estimate of drug-likeness (QED) is 0.302. The van der Waals surface area contributed by atoms with Crippen molar-refractivity contribution < 1.29 is 24.0 Å². The first-order chi connectivity index (χ1) is 14.8. The number of hydrogen-bond donors (Lipinski definition) is 0. The van der Waals surface area contributed by atoms with Gasteiger partial charge < -0.3 is 4.74 Å². The van der Waals surface area contributed by atoms with Crippen LogP contribution in [0.5, 0.6) is 0 Å². The Labute approximate surface area is 180 Å². The van der Waals surface area contributed by atoms with Crippen molar-refractivity contribution in [2.24, 2.45) is 11.0 Å². The summed E-state index contributed by atoms with van der Waals surface area (Å²) in [6.07, 6.45) is 0. The van der Waals surface area contributed by atoms with Gasteiger partial charge in [0, 0.05) is 17.2 Å². The molecule has 2 aliphatic rings. The number of halogens is 1. The maximum absolute atomic E-state index is 13.3. The first-order valence-electron chi connectivity index (χ1n) is 9.26. The summed E-state index contributed by atoms with van der Waals surface area (Å²) in [7, 11) is 0. The van der Waals surface area contributed by atoms with E-state index < -0.39 is 34.7 Å². The minimum Gasteiger partial charge on any atom is -0.461 e. The Kier molecular flexibility index (Phi) is 5.15. The molecule has 31 heavy (non-hydrogen) atoms. The lowest BCUT2D eigenvalue weighted by atomic mass is 9.98. The highest BCUT2D eigenvalue weighted by atomic mass is 35.5. The molecule has 11 heteroatoms. The topological polar surface area (TPSA) is 122 Å². The summed E-state index contributed by atoms with van der Waals surface area (Å²) in [5, 5.41) is 16.9. The van der Waals surface area contributed by atoms with Gasteiger partial charge in [0.05, 0.1) is 22.9 Å². The Morgan fingerprint density at radius 1 is 1.10 bits per heavy atom. The molecule has 0 N–H and O–H groups in total. The SMILES string of the molecule is CCOC(=O)C1=NN(c2ccc(Cl)cc2)C2C(=O)N(c3ccc([N+](=O)[O-])cc3)C(=O)C12. The largest absolute Gasteiger partial charge is 0.461 e. The Hall–Kier alpha value is -3.79. The second kappa shape index (κ2) is 7.80. The molecule has 10 nitrogen and oxygen atoms in total. The van der Waals surface area contributed by atoms with E-state index in [0.717, 1.165) is 4.90 Å². The minimum atomic E-state index is -1.17. The van der Waals surface area contributed by atoms with Crippen molar-refractivity contribution in [2.45, 2.75) is 13.0 Å². The van der Waals surface area contributed by atoms with E-state index in [1.807, 2.05) is 0 Å². The van der Waals surface area contributed by atoms with Gasteiger partial charge in [-0.3, -0.25) is 24.7 Å². The second-order valence-corrected chi connectivity index (χ2v) is 7.17. The van der Waals surface area contributed by atoms with E-state index in [0.29, 0.717) is 10.7 Å². The van der Waals surface area contributed by atoms with E-state index in [1.165, 1.54) is 29.3 Å². The molecule has 158 valence electrons. The summed E-state index contributed by atoms with van der Waals surface area (Å²) < 4.78 is 5.03. The number of esters is 1. The number of nitro groups is 1. The van der Waals surface area contributed by atoms with Gasteiger partial charge in [-0.2, -0.15) is 5.10 Å². The van der Waals surface area contributed by atoms with Gasteiger partial charge in [0.15, 0.2) is 5.71 Å². The fourth-order valence-corrected chi connectivity index (χ4v) is 3.70. The van der Waals surface area contributed by atoms with E-state index >= 15 is 0 Å². The summed E-state index contributed by atoms with van der Waals surface area (Å²) in [5.41, 5.74) is 0.267. The van der Waals surface area contributed by atoms with Crippen molar-refractivity contribution in [3.63, 3.8) is 0 Å². The van der Waals surface area contributed by atoms with Crippen LogP contribution in [0.15, 0.2) is 53.6 Å². The number of anilines is 2. The van der Waals surface area contributed by atoms with Crippen LogP contribution in [0.2, 0.25) is 5.02 Å². The average Bonchev–Trinajstić information content (AvgIpc) is 3.26. The monoisotopic (exact) mass is 442 g/mol. The number of ether oxygens (including phenoxy) is 1. The molecule has 0 saturated carbocycles. The molecule has 2 amide bonds. The summed E-state index contributed by atoms with van der Waals surface area (Å²) in [4.78, 5) is 50.2. The van der Waals surface area contributed by atoms with Crippen LogP contribution in [-0.2, 0) is 19.1 Å². The highest BCUT2D eigenvalue weighted by molar-refractivity contribution is 6.47. The van der Waals surface area contributed by atoms with Gasteiger partial charge in [-0.15, -0.1) is 0 Å². The van der Waals surface area contributed by atoms with Gasteiger partial charge in [0.25, 0.3) is 11.6 Å². The van der Waals surface area contributed by atoms with Gasteiger partial charge in [0.1, 0.15) is 12.0 Å². The number of benzene rings is 2. The predicted molar refractivity (Wildman–Crippen MR) is 111 cm³/mol. The van der Waals surface area contributed by atoms with Gasteiger partial charge >= 0.3 is 5.97 Å². The van der Waals surface area contributed by atoms with Crippen molar-refractivity contribution >= 4 is 52.2 Å². The van der Waals surface area contributed by atoms with E-state index in [9.17, 15) is 24.5 Å². The number of non-ortho nitro benzene ring substituents is 1. The van der Waals surface area contributed by atoms with Crippen molar-refractivity contribution in [3.8, 4) is 0 Å². The van der Waals surface area contributed by atoms with Crippen LogP contribution >= 0.6 is 11.6 Å². The van der Waals surface area contributed by atoms with Crippen LogP contribution in [-0.4, -0.2) is 41.1 Å². The summed E-state index contributed by atoms with van der Waals surface area (Å²) in [6.45, 7) is 1.69. The highest BCUT2D eigenvalue weighted by Crippen LogP contribution is 2.38. The molecule has 0 aromatic heterocycles. The predicted octanol–water partition coefficient (Wildman–Crippen LogP) is 2.55. The Morgan fingerprint density at radius 2 is 1.71 bits per heavy atom. The molecule has 0 radical (unpaired) electrons. The zero-order valence-electron chi connectivity index (χ0n) is 16.1. The maximum atomic E-state index is 13.3. The zero-order chi connectivity index (χ0) is 22.3. The van der Waals surface area contributed by atoms with Crippen LogP contribution < -0.4 is 9.91 Å². The number of hydrazone groups is 1. The number of rotatable bonds is 5. The molecule has 2 aliphatic heterocycles. The molecule has 2 aromatic rings. The van der Waals surface area contributed by atoms with Crippen LogP contribution in [0.4, 0.5) is 17.1 Å². The lowest BCUT2D eigenvalue weighted by molar-refractivity contribution is -0.384. The molecular weight excluding hydrogens is 428 g/mol. The number of imide groups is 1. The number of hydrogen-bond acceptors (Lipinski definition) is 8. The molecule has 1 fully saturated rings. The van der Waals surface area contributed by atoms with Crippen LogP contribution in [0.3, 0.4) is 0 Å². The molecule has 2 atom stereocenters. The molecule has 0 spiro atoms. The fraction of sp³-hybridized carbons (Fsp3) is 0.200. The lowest BCUT2D eigenvalue weighted by Gasteiger charge is -2.22. The number of carbonyl (C=O) groups excluding carboxylic acids is 3. The molecule has 2 aromatic carbocycles. The summed E-state index contributed by atoms with van der Waals surface area (Å²) in [5.74, 6) is -3.23. The fourth-order valence-electron chi connectivity index (χ4n) is 3.57. The van der Waals surface area contributed by atoms with Gasteiger partial charge in [0.2, 0.25) is 5.91 Å². The standard InChI is InChI=1S/C20H15ClN4O6/c1-2-31-20(28)16-15-17(24(22-16)13-5-3-11(21)4-6-13)19(27)23(18(15)26)12-7-9-14(10-8-12)25(29)30/h3-10,15,17H,2H2,1H3. The second-order valence-electron chi connectivity index (χ2n) is 6.73. The number of fused-ring (bicyclic) bond motifs is 1. The van der Waals surface area contributed by atoms with E-state index in [1.54, 1.807) is 31.2 Å². The number of nitrogens with zero attached hydrogens (tertiary/aromatic N) is 4. The first kappa shape index (κ1) is 20.5. The molecular formula is C20H15ClN4O6. The Balaban J connectivity index is 1.76. The number of carbonyl (C=O) groups is 3. The molecule has 1 saturated heterocycles. The molecule has 0 aliphatic carbocycles. The van der Waals surface area contributed by atoms with Crippen molar-refractivity contribution in [1.29, 1.82) is 0 Å². The summed E-state index contributed by atoms with van der Waals surface area (Å²) >= 11 is 5.93. The zero-order valence-corrected chi connectivity index (χ0v) is 16.9. The van der Waals surface area contributed by atoms with E-state index in [4.69, 9.17) is 16.3 Å². The minimum absolute atomic E-state index is 0.0738. The lowest BCUT2D eigenvalue weighted by Crippen LogP contribution is -2.39. The summed E-state index contributed by atoms with van der Waals surface area (Å²) in [6, 6.07) is 10.3. The normalized spacial score (nSPS) is 20.0. The third kappa shape index (κ3) is 3.40. The highest BCUT2D eigenvalue weighted by Gasteiger charge is 2.59. The smallest absolute Gasteiger partial charge is 0.355 e. The Morgan fingerprint density at radius 3 is 2.29 bits per heavy atom. The number of nitro benzene ring substituents is 1. The van der Waals surface area contributed by atoms with E-state index in [2.05, 4.69) is 5.10 Å². The van der Waals surface area contributed by atoms with E-state index in [-0.39, 0.29) is 23.7 Å². The molecule has 4 rings (SSSR count). The van der Waals surface area contributed by atoms with Crippen LogP contribution in [0.25, 0.3) is 0 Å². The Bertz CT molecular complexity index is 1120. The third-order valence-corrected chi connectivity index (χ3v) is 5.20. The van der Waals surface area contributed by atoms with Gasteiger partial charge in [-0.1, -0.05) is 11.6 Å². The van der Waals surface area contributed by atoms with Gasteiger partial charge in [-0.25, -0.2) is 9.69 Å². The first-order valence-corrected chi connectivity index (χ1v) is 9.64. The third-order valence-electron chi connectivity index (χ3n) is 4.94. The van der Waals surface area contributed by atoms with Crippen molar-refractivity contribution in [2.75, 3.05) is 16.5 Å². The maximum Gasteiger partial charge on any atom is 0.355 e. The average molecular weight is 443 g/mol. The molecule has 2 heterocycles. The van der Waals surface area contributed by atoms with Crippen LogP contribution in [0.1, 0.15) is 6.92 Å². The molecule has 2 unspecified atom stereocenters.